The first kappa shape index (κ1) is 14.5. The Labute approximate surface area is 125 Å². The summed E-state index contributed by atoms with van der Waals surface area (Å²) in [6, 6.07) is 7.79. The number of hydrogen-bond acceptors (Lipinski definition) is 4. The van der Waals surface area contributed by atoms with Gasteiger partial charge in [0.2, 0.25) is 5.91 Å². The Kier molecular flexibility index (Phi) is 4.30. The van der Waals surface area contributed by atoms with Gasteiger partial charge in [-0.1, -0.05) is 17.7 Å². The lowest BCUT2D eigenvalue weighted by molar-refractivity contribution is -0.123. The third kappa shape index (κ3) is 3.36. The molecule has 0 aromatic carbocycles. The van der Waals surface area contributed by atoms with Crippen LogP contribution in [0.2, 0.25) is 4.34 Å². The van der Waals surface area contributed by atoms with Gasteiger partial charge >= 0.3 is 0 Å². The Hall–Kier alpha value is -0.880. The van der Waals surface area contributed by atoms with Gasteiger partial charge in [0.25, 0.3) is 0 Å². The van der Waals surface area contributed by atoms with Crippen molar-refractivity contribution in [2.75, 3.05) is 0 Å². The number of halogens is 1. The van der Waals surface area contributed by atoms with Crippen LogP contribution in [-0.2, 0) is 4.79 Å². The Bertz CT molecular complexity index is 563. The number of carbonyl (C=O) groups excluding carboxylic acids is 1. The smallest absolute Gasteiger partial charge is 0.237 e. The number of nitrogens with one attached hydrogen (secondary N) is 1. The Balaban J connectivity index is 2.33. The van der Waals surface area contributed by atoms with Gasteiger partial charge in [-0.2, -0.15) is 0 Å². The first-order valence-corrected chi connectivity index (χ1v) is 7.84. The zero-order chi connectivity index (χ0) is 14.0. The summed E-state index contributed by atoms with van der Waals surface area (Å²) in [6.07, 6.45) is 0. The normalized spacial score (nSPS) is 13.4. The molecule has 2 heterocycles. The quantitative estimate of drug-likeness (QED) is 0.888. The molecule has 1 amide bonds. The molecule has 6 heteroatoms. The summed E-state index contributed by atoms with van der Waals surface area (Å²) in [7, 11) is 0. The molecule has 2 rings (SSSR count). The molecule has 0 aliphatic heterocycles. The van der Waals surface area contributed by atoms with Crippen molar-refractivity contribution in [2.24, 2.45) is 5.73 Å². The zero-order valence-corrected chi connectivity index (χ0v) is 13.0. The van der Waals surface area contributed by atoms with E-state index in [1.54, 1.807) is 25.2 Å². The fourth-order valence-corrected chi connectivity index (χ4v) is 3.65. The van der Waals surface area contributed by atoms with Crippen molar-refractivity contribution < 1.29 is 4.79 Å². The maximum Gasteiger partial charge on any atom is 0.237 e. The molecule has 3 N–H and O–H groups in total. The van der Waals surface area contributed by atoms with Crippen molar-refractivity contribution in [3.8, 4) is 0 Å². The summed E-state index contributed by atoms with van der Waals surface area (Å²) >= 11 is 9.14. The van der Waals surface area contributed by atoms with Crippen molar-refractivity contribution in [3.63, 3.8) is 0 Å². The molecule has 0 spiro atoms. The maximum absolute atomic E-state index is 11.5. The van der Waals surface area contributed by atoms with Crippen LogP contribution in [0.15, 0.2) is 29.6 Å². The van der Waals surface area contributed by atoms with E-state index in [4.69, 9.17) is 17.3 Å². The highest BCUT2D eigenvalue weighted by Gasteiger charge is 2.30. The Morgan fingerprint density at radius 3 is 2.58 bits per heavy atom. The number of thiophene rings is 2. The van der Waals surface area contributed by atoms with Gasteiger partial charge in [-0.15, -0.1) is 22.7 Å². The lowest BCUT2D eigenvalue weighted by atomic mass is 10.0. The van der Waals surface area contributed by atoms with Gasteiger partial charge in [-0.05, 0) is 37.4 Å². The fraction of sp³-hybridized carbons (Fsp3) is 0.308. The van der Waals surface area contributed by atoms with Crippen molar-refractivity contribution in [3.05, 3.63) is 43.7 Å². The molecule has 2 aromatic heterocycles. The van der Waals surface area contributed by atoms with E-state index in [0.717, 1.165) is 14.1 Å². The van der Waals surface area contributed by atoms with Crippen molar-refractivity contribution in [2.45, 2.75) is 25.4 Å². The van der Waals surface area contributed by atoms with Gasteiger partial charge in [-0.25, -0.2) is 0 Å². The summed E-state index contributed by atoms with van der Waals surface area (Å²) in [5, 5.41) is 5.32. The number of rotatable bonds is 5. The van der Waals surface area contributed by atoms with Crippen LogP contribution in [-0.4, -0.2) is 11.4 Å². The first-order chi connectivity index (χ1) is 8.90. The molecule has 1 unspecified atom stereocenters. The molecule has 0 fully saturated rings. The zero-order valence-electron chi connectivity index (χ0n) is 10.6. The van der Waals surface area contributed by atoms with Crippen LogP contribution in [0.1, 0.15) is 29.6 Å². The largest absolute Gasteiger partial charge is 0.368 e. The first-order valence-electron chi connectivity index (χ1n) is 5.76. The minimum absolute atomic E-state index is 0.0694. The fourth-order valence-electron chi connectivity index (χ4n) is 1.65. The second kappa shape index (κ2) is 5.63. The highest BCUT2D eigenvalue weighted by atomic mass is 35.5. The topological polar surface area (TPSA) is 55.1 Å². The number of amides is 1. The summed E-state index contributed by atoms with van der Waals surface area (Å²) in [5.41, 5.74) is 4.65. The lowest BCUT2D eigenvalue weighted by Gasteiger charge is -2.28. The molecular weight excluding hydrogens is 300 g/mol. The van der Waals surface area contributed by atoms with Crippen LogP contribution in [0.4, 0.5) is 0 Å². The van der Waals surface area contributed by atoms with E-state index in [-0.39, 0.29) is 11.9 Å². The summed E-state index contributed by atoms with van der Waals surface area (Å²) in [6.45, 7) is 3.57. The number of hydrogen-bond donors (Lipinski definition) is 2. The van der Waals surface area contributed by atoms with Gasteiger partial charge in [0.15, 0.2) is 0 Å². The number of primary amides is 1. The molecule has 0 saturated carbocycles. The van der Waals surface area contributed by atoms with E-state index in [1.807, 2.05) is 29.6 Å². The second-order valence-electron chi connectivity index (χ2n) is 4.72. The lowest BCUT2D eigenvalue weighted by Crippen LogP contribution is -2.51. The Morgan fingerprint density at radius 2 is 2.11 bits per heavy atom. The predicted octanol–water partition coefficient (Wildman–Crippen LogP) is 3.41. The molecule has 1 atom stereocenters. The van der Waals surface area contributed by atoms with Gasteiger partial charge < -0.3 is 5.73 Å². The highest BCUT2D eigenvalue weighted by Crippen LogP contribution is 2.34. The van der Waals surface area contributed by atoms with Crippen LogP contribution in [0.3, 0.4) is 0 Å². The molecule has 0 aliphatic carbocycles. The molecular formula is C13H15ClN2OS2. The molecule has 102 valence electrons. The van der Waals surface area contributed by atoms with Crippen molar-refractivity contribution in [1.82, 2.24) is 5.32 Å². The van der Waals surface area contributed by atoms with E-state index in [9.17, 15) is 4.79 Å². The molecule has 0 radical (unpaired) electrons. The average molecular weight is 315 g/mol. The van der Waals surface area contributed by atoms with Crippen molar-refractivity contribution >= 4 is 40.2 Å². The van der Waals surface area contributed by atoms with E-state index in [2.05, 4.69) is 5.32 Å². The molecule has 19 heavy (non-hydrogen) atoms. The molecule has 0 saturated heterocycles. The highest BCUT2D eigenvalue weighted by molar-refractivity contribution is 7.16. The molecule has 0 aliphatic rings. The van der Waals surface area contributed by atoms with E-state index < -0.39 is 5.54 Å². The third-order valence-electron chi connectivity index (χ3n) is 2.83. The van der Waals surface area contributed by atoms with Crippen LogP contribution in [0.5, 0.6) is 0 Å². The second-order valence-corrected chi connectivity index (χ2v) is 7.45. The van der Waals surface area contributed by atoms with Crippen LogP contribution >= 0.6 is 34.3 Å². The van der Waals surface area contributed by atoms with Gasteiger partial charge in [-0.3, -0.25) is 10.1 Å². The minimum atomic E-state index is -0.787. The molecule has 3 nitrogen and oxygen atoms in total. The van der Waals surface area contributed by atoms with Gasteiger partial charge in [0.1, 0.15) is 0 Å². The molecule has 0 bridgehead atoms. The number of carbonyl (C=O) groups is 1. The maximum atomic E-state index is 11.5. The van der Waals surface area contributed by atoms with E-state index in [1.165, 1.54) is 11.3 Å². The van der Waals surface area contributed by atoms with Crippen LogP contribution in [0, 0.1) is 0 Å². The monoisotopic (exact) mass is 314 g/mol. The van der Waals surface area contributed by atoms with E-state index in [0.29, 0.717) is 0 Å². The van der Waals surface area contributed by atoms with Gasteiger partial charge in [0, 0.05) is 9.75 Å². The number of nitrogens with two attached hydrogens (primary N) is 1. The third-order valence-corrected chi connectivity index (χ3v) is 5.06. The SMILES string of the molecule is CC(C)(NC(c1cccs1)c1ccc(Cl)s1)C(N)=O. The van der Waals surface area contributed by atoms with Crippen LogP contribution < -0.4 is 11.1 Å². The summed E-state index contributed by atoms with van der Waals surface area (Å²) < 4.78 is 0.732. The van der Waals surface area contributed by atoms with Crippen LogP contribution in [0.25, 0.3) is 0 Å². The van der Waals surface area contributed by atoms with E-state index >= 15 is 0 Å². The standard InChI is InChI=1S/C13H15ClN2OS2/c1-13(2,12(15)17)16-11(8-4-3-7-18-8)9-5-6-10(14)19-9/h3-7,11,16H,1-2H3,(H2,15,17). The summed E-state index contributed by atoms with van der Waals surface area (Å²) in [5.74, 6) is -0.378. The minimum Gasteiger partial charge on any atom is -0.368 e. The predicted molar refractivity (Wildman–Crippen MR) is 81.9 cm³/mol. The Morgan fingerprint density at radius 1 is 1.37 bits per heavy atom. The molecule has 2 aromatic rings. The van der Waals surface area contributed by atoms with Gasteiger partial charge in [0.05, 0.1) is 15.9 Å². The summed E-state index contributed by atoms with van der Waals surface area (Å²) in [4.78, 5) is 13.7. The van der Waals surface area contributed by atoms with Crippen molar-refractivity contribution in [1.29, 1.82) is 0 Å². The average Bonchev–Trinajstić information content (AvgIpc) is 2.96.